The van der Waals surface area contributed by atoms with E-state index in [2.05, 4.69) is 11.5 Å². The number of carbonyl (C=O) groups is 1. The monoisotopic (exact) mass is 193 g/mol. The van der Waals surface area contributed by atoms with Crippen LogP contribution in [0.5, 0.6) is 0 Å². The maximum Gasteiger partial charge on any atom is 0.226 e. The summed E-state index contributed by atoms with van der Waals surface area (Å²) < 4.78 is 0. The van der Waals surface area contributed by atoms with Crippen molar-refractivity contribution < 1.29 is 4.79 Å². The fourth-order valence-electron chi connectivity index (χ4n) is 2.76. The highest BCUT2D eigenvalue weighted by Gasteiger charge is 2.35. The SMILES string of the molecule is C=CCC1CCC2CCCCN2C1=O. The van der Waals surface area contributed by atoms with Gasteiger partial charge >= 0.3 is 0 Å². The van der Waals surface area contributed by atoms with Gasteiger partial charge in [-0.25, -0.2) is 0 Å². The molecule has 0 aliphatic carbocycles. The van der Waals surface area contributed by atoms with Gasteiger partial charge < -0.3 is 4.90 Å². The van der Waals surface area contributed by atoms with Gasteiger partial charge in [0, 0.05) is 18.5 Å². The van der Waals surface area contributed by atoms with Crippen LogP contribution in [-0.2, 0) is 4.79 Å². The summed E-state index contributed by atoms with van der Waals surface area (Å²) in [5.41, 5.74) is 0. The minimum Gasteiger partial charge on any atom is -0.339 e. The molecular formula is C12H19NO. The molecule has 0 bridgehead atoms. The molecule has 0 saturated carbocycles. The number of allylic oxidation sites excluding steroid dienone is 1. The fraction of sp³-hybridized carbons (Fsp3) is 0.750. The fourth-order valence-corrected chi connectivity index (χ4v) is 2.76. The number of hydrogen-bond acceptors (Lipinski definition) is 1. The Balaban J connectivity index is 2.03. The van der Waals surface area contributed by atoms with E-state index in [4.69, 9.17) is 0 Å². The predicted octanol–water partition coefficient (Wildman–Crippen LogP) is 2.35. The maximum atomic E-state index is 12.0. The molecule has 0 spiro atoms. The lowest BCUT2D eigenvalue weighted by atomic mass is 9.85. The molecule has 1 amide bonds. The molecule has 2 fully saturated rings. The van der Waals surface area contributed by atoms with Crippen molar-refractivity contribution in [1.29, 1.82) is 0 Å². The first kappa shape index (κ1) is 9.75. The zero-order valence-electron chi connectivity index (χ0n) is 8.74. The molecule has 2 heterocycles. The van der Waals surface area contributed by atoms with Gasteiger partial charge in [-0.2, -0.15) is 0 Å². The topological polar surface area (TPSA) is 20.3 Å². The van der Waals surface area contributed by atoms with Crippen molar-refractivity contribution in [3.8, 4) is 0 Å². The Kier molecular flexibility index (Phi) is 2.90. The minimum atomic E-state index is 0.238. The van der Waals surface area contributed by atoms with Crippen LogP contribution in [0.4, 0.5) is 0 Å². The third kappa shape index (κ3) is 1.70. The molecule has 2 rings (SSSR count). The highest BCUT2D eigenvalue weighted by Crippen LogP contribution is 2.31. The average Bonchev–Trinajstić information content (AvgIpc) is 2.23. The molecule has 2 atom stereocenters. The van der Waals surface area contributed by atoms with Crippen LogP contribution in [-0.4, -0.2) is 23.4 Å². The lowest BCUT2D eigenvalue weighted by Crippen LogP contribution is -2.50. The van der Waals surface area contributed by atoms with Crippen molar-refractivity contribution in [2.75, 3.05) is 6.54 Å². The number of rotatable bonds is 2. The highest BCUT2D eigenvalue weighted by molar-refractivity contribution is 5.80. The Morgan fingerprint density at radius 2 is 2.21 bits per heavy atom. The van der Waals surface area contributed by atoms with Crippen LogP contribution >= 0.6 is 0 Å². The second-order valence-corrected chi connectivity index (χ2v) is 4.48. The van der Waals surface area contributed by atoms with E-state index in [9.17, 15) is 4.79 Å². The first-order valence-electron chi connectivity index (χ1n) is 5.74. The average molecular weight is 193 g/mol. The molecule has 0 aromatic carbocycles. The summed E-state index contributed by atoms with van der Waals surface area (Å²) in [6, 6.07) is 0.567. The molecule has 0 aromatic rings. The normalized spacial score (nSPS) is 32.6. The first-order valence-corrected chi connectivity index (χ1v) is 5.74. The van der Waals surface area contributed by atoms with Crippen molar-refractivity contribution in [3.63, 3.8) is 0 Å². The van der Waals surface area contributed by atoms with E-state index < -0.39 is 0 Å². The Morgan fingerprint density at radius 1 is 1.36 bits per heavy atom. The van der Waals surface area contributed by atoms with Crippen molar-refractivity contribution in [2.45, 2.75) is 44.6 Å². The number of amides is 1. The number of nitrogens with zero attached hydrogens (tertiary/aromatic N) is 1. The molecule has 2 aliphatic heterocycles. The van der Waals surface area contributed by atoms with Crippen LogP contribution < -0.4 is 0 Å². The van der Waals surface area contributed by atoms with Gasteiger partial charge in [0.2, 0.25) is 5.91 Å². The number of hydrogen-bond donors (Lipinski definition) is 0. The summed E-state index contributed by atoms with van der Waals surface area (Å²) >= 11 is 0. The summed E-state index contributed by atoms with van der Waals surface area (Å²) in [7, 11) is 0. The van der Waals surface area contributed by atoms with Crippen molar-refractivity contribution >= 4 is 5.91 Å². The van der Waals surface area contributed by atoms with E-state index in [-0.39, 0.29) is 5.92 Å². The van der Waals surface area contributed by atoms with Crippen LogP contribution in [0.25, 0.3) is 0 Å². The second kappa shape index (κ2) is 4.16. The molecule has 2 heteroatoms. The van der Waals surface area contributed by atoms with Gasteiger partial charge in [0.05, 0.1) is 0 Å². The van der Waals surface area contributed by atoms with E-state index in [1.165, 1.54) is 25.7 Å². The zero-order chi connectivity index (χ0) is 9.97. The quantitative estimate of drug-likeness (QED) is 0.616. The van der Waals surface area contributed by atoms with Crippen molar-refractivity contribution in [3.05, 3.63) is 12.7 Å². The van der Waals surface area contributed by atoms with E-state index in [0.717, 1.165) is 19.4 Å². The lowest BCUT2D eigenvalue weighted by Gasteiger charge is -2.42. The summed E-state index contributed by atoms with van der Waals surface area (Å²) in [5, 5.41) is 0. The Morgan fingerprint density at radius 3 is 3.00 bits per heavy atom. The third-order valence-electron chi connectivity index (χ3n) is 3.56. The molecule has 14 heavy (non-hydrogen) atoms. The van der Waals surface area contributed by atoms with Crippen LogP contribution in [0.1, 0.15) is 38.5 Å². The zero-order valence-corrected chi connectivity index (χ0v) is 8.74. The molecule has 2 saturated heterocycles. The third-order valence-corrected chi connectivity index (χ3v) is 3.56. The number of fused-ring (bicyclic) bond motifs is 1. The number of piperidine rings is 2. The van der Waals surface area contributed by atoms with Gasteiger partial charge in [-0.3, -0.25) is 4.79 Å². The standard InChI is InChI=1S/C12H19NO/c1-2-5-10-7-8-11-6-3-4-9-13(11)12(10)14/h2,10-11H,1,3-9H2. The minimum absolute atomic E-state index is 0.238. The lowest BCUT2D eigenvalue weighted by molar-refractivity contribution is -0.143. The van der Waals surface area contributed by atoms with Crippen LogP contribution in [0, 0.1) is 5.92 Å². The maximum absolute atomic E-state index is 12.0. The smallest absolute Gasteiger partial charge is 0.226 e. The van der Waals surface area contributed by atoms with Gasteiger partial charge in [-0.1, -0.05) is 6.08 Å². The van der Waals surface area contributed by atoms with E-state index in [1.54, 1.807) is 0 Å². The van der Waals surface area contributed by atoms with E-state index in [1.807, 2.05) is 6.08 Å². The first-order chi connectivity index (χ1) is 6.83. The molecule has 0 radical (unpaired) electrons. The highest BCUT2D eigenvalue weighted by atomic mass is 16.2. The molecule has 78 valence electrons. The largest absolute Gasteiger partial charge is 0.339 e. The molecular weight excluding hydrogens is 174 g/mol. The van der Waals surface area contributed by atoms with Crippen LogP contribution in [0.2, 0.25) is 0 Å². The van der Waals surface area contributed by atoms with E-state index >= 15 is 0 Å². The summed E-state index contributed by atoms with van der Waals surface area (Å²) in [6.45, 7) is 4.72. The van der Waals surface area contributed by atoms with E-state index in [0.29, 0.717) is 11.9 Å². The Labute approximate surface area is 86.0 Å². The molecule has 0 aromatic heterocycles. The van der Waals surface area contributed by atoms with Gasteiger partial charge in [0.25, 0.3) is 0 Å². The van der Waals surface area contributed by atoms with Crippen molar-refractivity contribution in [2.24, 2.45) is 5.92 Å². The van der Waals surface area contributed by atoms with Gasteiger partial charge in [0.15, 0.2) is 0 Å². The second-order valence-electron chi connectivity index (χ2n) is 4.48. The van der Waals surface area contributed by atoms with Gasteiger partial charge in [-0.15, -0.1) is 6.58 Å². The summed E-state index contributed by atoms with van der Waals surface area (Å²) in [6.07, 6.45) is 8.77. The van der Waals surface area contributed by atoms with Gasteiger partial charge in [0.1, 0.15) is 0 Å². The van der Waals surface area contributed by atoms with Crippen LogP contribution in [0.3, 0.4) is 0 Å². The van der Waals surface area contributed by atoms with Crippen molar-refractivity contribution in [1.82, 2.24) is 4.90 Å². The summed E-state index contributed by atoms with van der Waals surface area (Å²) in [4.78, 5) is 14.2. The molecule has 2 unspecified atom stereocenters. The molecule has 2 aliphatic rings. The van der Waals surface area contributed by atoms with Gasteiger partial charge in [-0.05, 0) is 38.5 Å². The van der Waals surface area contributed by atoms with Crippen LogP contribution in [0.15, 0.2) is 12.7 Å². The Bertz CT molecular complexity index is 236. The number of carbonyl (C=O) groups excluding carboxylic acids is 1. The Hall–Kier alpha value is -0.790. The molecule has 2 nitrogen and oxygen atoms in total. The summed E-state index contributed by atoms with van der Waals surface area (Å²) in [5.74, 6) is 0.628. The predicted molar refractivity (Wildman–Crippen MR) is 56.9 cm³/mol. The molecule has 0 N–H and O–H groups in total.